The summed E-state index contributed by atoms with van der Waals surface area (Å²) in [7, 11) is 1.92. The van der Waals surface area contributed by atoms with Crippen molar-refractivity contribution in [1.82, 2.24) is 9.55 Å². The molecular weight excluding hydrogens is 316 g/mol. The molecule has 1 atom stereocenters. The Bertz CT molecular complexity index is 882. The Hall–Kier alpha value is -2.37. The predicted molar refractivity (Wildman–Crippen MR) is 96.5 cm³/mol. The molecule has 0 aliphatic carbocycles. The maximum absolute atomic E-state index is 9.41. The van der Waals surface area contributed by atoms with Crippen LogP contribution in [-0.4, -0.2) is 34.5 Å². The number of aryl methyl sites for hydroxylation is 1. The maximum atomic E-state index is 9.41. The fraction of sp³-hybridized carbons (Fsp3) is 0.350. The van der Waals surface area contributed by atoms with Crippen molar-refractivity contribution in [1.29, 1.82) is 0 Å². The van der Waals surface area contributed by atoms with E-state index in [1.165, 1.54) is 0 Å². The highest BCUT2D eigenvalue weighted by Gasteiger charge is 2.17. The lowest BCUT2D eigenvalue weighted by atomic mass is 10.0. The second kappa shape index (κ2) is 6.86. The molecule has 1 aliphatic rings. The zero-order valence-electron chi connectivity index (χ0n) is 14.3. The lowest BCUT2D eigenvalue weighted by Gasteiger charge is -2.14. The Morgan fingerprint density at radius 2 is 2.16 bits per heavy atom. The molecule has 0 radical (unpaired) electrons. The molecule has 2 heterocycles. The Morgan fingerprint density at radius 3 is 2.96 bits per heavy atom. The minimum absolute atomic E-state index is 0.0658. The largest absolute Gasteiger partial charge is 0.493 e. The number of rotatable bonds is 5. The van der Waals surface area contributed by atoms with Crippen molar-refractivity contribution in [3.8, 4) is 16.9 Å². The van der Waals surface area contributed by atoms with Gasteiger partial charge in [0.2, 0.25) is 0 Å². The van der Waals surface area contributed by atoms with Crippen LogP contribution in [0.3, 0.4) is 0 Å². The Kier molecular flexibility index (Phi) is 4.42. The van der Waals surface area contributed by atoms with Crippen LogP contribution < -0.4 is 4.74 Å². The Morgan fingerprint density at radius 1 is 1.28 bits per heavy atom. The van der Waals surface area contributed by atoms with Gasteiger partial charge in [0, 0.05) is 25.1 Å². The molecule has 0 saturated carbocycles. The first-order valence-electron chi connectivity index (χ1n) is 8.62. The summed E-state index contributed by atoms with van der Waals surface area (Å²) in [4.78, 5) is 4.51. The van der Waals surface area contributed by atoms with Crippen LogP contribution in [-0.2, 0) is 18.4 Å². The molecule has 2 aromatic carbocycles. The lowest BCUT2D eigenvalue weighted by molar-refractivity contribution is 0.167. The fourth-order valence-corrected chi connectivity index (χ4v) is 3.31. The normalized spacial score (nSPS) is 17.3. The topological polar surface area (TPSA) is 56.5 Å². The quantitative estimate of drug-likeness (QED) is 0.776. The second-order valence-electron chi connectivity index (χ2n) is 6.49. The zero-order valence-corrected chi connectivity index (χ0v) is 14.3. The molecule has 4 rings (SSSR count). The van der Waals surface area contributed by atoms with Gasteiger partial charge in [-0.05, 0) is 30.2 Å². The van der Waals surface area contributed by atoms with Gasteiger partial charge in [-0.3, -0.25) is 0 Å². The molecule has 1 N–H and O–H groups in total. The molecule has 1 saturated heterocycles. The number of hydrogen-bond donors (Lipinski definition) is 1. The van der Waals surface area contributed by atoms with E-state index in [1.807, 2.05) is 35.9 Å². The van der Waals surface area contributed by atoms with E-state index in [-0.39, 0.29) is 6.61 Å². The van der Waals surface area contributed by atoms with Crippen LogP contribution in [0.1, 0.15) is 12.2 Å². The van der Waals surface area contributed by atoms with Gasteiger partial charge in [0.25, 0.3) is 0 Å². The molecule has 5 heteroatoms. The second-order valence-corrected chi connectivity index (χ2v) is 6.49. The average Bonchev–Trinajstić information content (AvgIpc) is 3.28. The van der Waals surface area contributed by atoms with Crippen LogP contribution in [0.25, 0.3) is 22.2 Å². The third-order valence-electron chi connectivity index (χ3n) is 4.81. The standard InChI is InChI=1S/C20H22N2O3/c1-22-18-7-6-15(10-17(18)21-20(22)11-23)16-4-2-3-5-19(16)25-13-14-8-9-24-12-14/h2-7,10,14,23H,8-9,11-13H2,1H3. The molecular formula is C20H22N2O3. The van der Waals surface area contributed by atoms with Crippen LogP contribution in [0.4, 0.5) is 0 Å². The SMILES string of the molecule is Cn1c(CO)nc2cc(-c3ccccc3OCC3CCOC3)ccc21. The highest BCUT2D eigenvalue weighted by molar-refractivity contribution is 5.84. The molecule has 3 aromatic rings. The van der Waals surface area contributed by atoms with E-state index in [1.54, 1.807) is 0 Å². The minimum Gasteiger partial charge on any atom is -0.493 e. The van der Waals surface area contributed by atoms with E-state index in [9.17, 15) is 5.11 Å². The fourth-order valence-electron chi connectivity index (χ4n) is 3.31. The summed E-state index contributed by atoms with van der Waals surface area (Å²) >= 11 is 0. The first kappa shape index (κ1) is 16.1. The third-order valence-corrected chi connectivity index (χ3v) is 4.81. The van der Waals surface area contributed by atoms with E-state index in [0.717, 1.165) is 47.5 Å². The summed E-state index contributed by atoms with van der Waals surface area (Å²) in [6.07, 6.45) is 1.06. The van der Waals surface area contributed by atoms with Gasteiger partial charge >= 0.3 is 0 Å². The summed E-state index contributed by atoms with van der Waals surface area (Å²) in [5, 5.41) is 9.41. The molecule has 0 amide bonds. The summed E-state index contributed by atoms with van der Waals surface area (Å²) < 4.78 is 13.4. The first-order valence-corrected chi connectivity index (χ1v) is 8.62. The van der Waals surface area contributed by atoms with Gasteiger partial charge in [0.15, 0.2) is 0 Å². The van der Waals surface area contributed by atoms with Crippen LogP contribution in [0.15, 0.2) is 42.5 Å². The van der Waals surface area contributed by atoms with E-state index >= 15 is 0 Å². The number of benzene rings is 2. The molecule has 5 nitrogen and oxygen atoms in total. The van der Waals surface area contributed by atoms with Crippen molar-refractivity contribution in [3.63, 3.8) is 0 Å². The average molecular weight is 338 g/mol. The first-order chi connectivity index (χ1) is 12.3. The highest BCUT2D eigenvalue weighted by atomic mass is 16.5. The predicted octanol–water partition coefficient (Wildman–Crippen LogP) is 3.15. The Labute approximate surface area is 146 Å². The molecule has 1 aliphatic heterocycles. The van der Waals surface area contributed by atoms with Crippen LogP contribution in [0.5, 0.6) is 5.75 Å². The molecule has 0 bridgehead atoms. The van der Waals surface area contributed by atoms with Crippen molar-refractivity contribution in [2.75, 3.05) is 19.8 Å². The van der Waals surface area contributed by atoms with E-state index in [0.29, 0.717) is 18.3 Å². The number of nitrogens with zero attached hydrogens (tertiary/aromatic N) is 2. The van der Waals surface area contributed by atoms with Crippen molar-refractivity contribution in [2.45, 2.75) is 13.0 Å². The highest BCUT2D eigenvalue weighted by Crippen LogP contribution is 2.32. The maximum Gasteiger partial charge on any atom is 0.135 e. The van der Waals surface area contributed by atoms with Gasteiger partial charge in [-0.15, -0.1) is 0 Å². The monoisotopic (exact) mass is 338 g/mol. The van der Waals surface area contributed by atoms with Gasteiger partial charge in [-0.25, -0.2) is 4.98 Å². The van der Waals surface area contributed by atoms with Crippen molar-refractivity contribution in [2.24, 2.45) is 13.0 Å². The number of hydrogen-bond acceptors (Lipinski definition) is 4. The molecule has 1 aromatic heterocycles. The van der Waals surface area contributed by atoms with E-state index < -0.39 is 0 Å². The van der Waals surface area contributed by atoms with Crippen molar-refractivity contribution >= 4 is 11.0 Å². The molecule has 25 heavy (non-hydrogen) atoms. The molecule has 130 valence electrons. The van der Waals surface area contributed by atoms with Crippen LogP contribution in [0.2, 0.25) is 0 Å². The van der Waals surface area contributed by atoms with Crippen LogP contribution >= 0.6 is 0 Å². The zero-order chi connectivity index (χ0) is 17.2. The number of aliphatic hydroxyl groups excluding tert-OH is 1. The van der Waals surface area contributed by atoms with Gasteiger partial charge in [-0.2, -0.15) is 0 Å². The van der Waals surface area contributed by atoms with E-state index in [4.69, 9.17) is 9.47 Å². The summed E-state index contributed by atoms with van der Waals surface area (Å²) in [6.45, 7) is 2.23. The molecule has 0 spiro atoms. The van der Waals surface area contributed by atoms with Crippen LogP contribution in [0, 0.1) is 5.92 Å². The van der Waals surface area contributed by atoms with Gasteiger partial charge < -0.3 is 19.1 Å². The number of ether oxygens (including phenoxy) is 2. The minimum atomic E-state index is -0.0658. The number of para-hydroxylation sites is 1. The van der Waals surface area contributed by atoms with E-state index in [2.05, 4.69) is 23.2 Å². The lowest BCUT2D eigenvalue weighted by Crippen LogP contribution is -2.12. The number of aromatic nitrogens is 2. The van der Waals surface area contributed by atoms with Gasteiger partial charge in [0.05, 0.1) is 24.2 Å². The van der Waals surface area contributed by atoms with Crippen molar-refractivity contribution in [3.05, 3.63) is 48.3 Å². The Balaban J connectivity index is 1.65. The van der Waals surface area contributed by atoms with Gasteiger partial charge in [0.1, 0.15) is 18.2 Å². The van der Waals surface area contributed by atoms with Gasteiger partial charge in [-0.1, -0.05) is 24.3 Å². The summed E-state index contributed by atoms with van der Waals surface area (Å²) in [5.74, 6) is 2.02. The molecule has 1 fully saturated rings. The smallest absolute Gasteiger partial charge is 0.135 e. The number of aliphatic hydroxyl groups is 1. The summed E-state index contributed by atoms with van der Waals surface area (Å²) in [5.41, 5.74) is 4.00. The summed E-state index contributed by atoms with van der Waals surface area (Å²) in [6, 6.07) is 14.3. The number of imidazole rings is 1. The number of fused-ring (bicyclic) bond motifs is 1. The third kappa shape index (κ3) is 3.13. The van der Waals surface area contributed by atoms with Crippen molar-refractivity contribution < 1.29 is 14.6 Å². The molecule has 1 unspecified atom stereocenters.